The molecule has 1 rings (SSSR count). The lowest BCUT2D eigenvalue weighted by atomic mass is 9.81. The molecule has 5 atom stereocenters. The Kier molecular flexibility index (Phi) is 7.24. The minimum absolute atomic E-state index is 0.227. The van der Waals surface area contributed by atoms with Gasteiger partial charge in [-0.05, 0) is 64.7 Å². The monoisotopic (exact) mass is 340 g/mol. The first-order valence-corrected chi connectivity index (χ1v) is 9.07. The molecule has 1 aliphatic carbocycles. The third-order valence-electron chi connectivity index (χ3n) is 5.19. The second-order valence-electron chi connectivity index (χ2n) is 8.54. The first kappa shape index (κ1) is 21.4. The highest BCUT2D eigenvalue weighted by Crippen LogP contribution is 2.30. The van der Waals surface area contributed by atoms with E-state index in [1.807, 2.05) is 12.2 Å². The fourth-order valence-corrected chi connectivity index (χ4v) is 3.05. The summed E-state index contributed by atoms with van der Waals surface area (Å²) in [6.07, 6.45) is 8.72. The molecule has 1 aliphatic rings. The molecule has 0 amide bonds. The predicted octanol–water partition coefficient (Wildman–Crippen LogP) is 2.95. The molecule has 0 bridgehead atoms. The van der Waals surface area contributed by atoms with E-state index in [0.717, 1.165) is 6.42 Å². The summed E-state index contributed by atoms with van der Waals surface area (Å²) in [6, 6.07) is 0. The van der Waals surface area contributed by atoms with Gasteiger partial charge in [-0.25, -0.2) is 0 Å². The van der Waals surface area contributed by atoms with Gasteiger partial charge in [0.1, 0.15) is 0 Å². The lowest BCUT2D eigenvalue weighted by molar-refractivity contribution is -0.0793. The number of allylic oxidation sites excluding steroid dienone is 1. The average Bonchev–Trinajstić information content (AvgIpc) is 2.42. The normalized spacial score (nSPS) is 45.6. The third kappa shape index (κ3) is 7.06. The molecule has 140 valence electrons. The van der Waals surface area contributed by atoms with E-state index in [9.17, 15) is 20.4 Å². The first-order valence-electron chi connectivity index (χ1n) is 9.07. The zero-order valence-corrected chi connectivity index (χ0v) is 15.9. The highest BCUT2D eigenvalue weighted by molar-refractivity contribution is 5.08. The van der Waals surface area contributed by atoms with Crippen LogP contribution in [0.2, 0.25) is 0 Å². The first-order chi connectivity index (χ1) is 10.8. The Morgan fingerprint density at radius 3 is 2.12 bits per heavy atom. The second-order valence-corrected chi connectivity index (χ2v) is 8.54. The van der Waals surface area contributed by atoms with E-state index in [0.29, 0.717) is 31.6 Å². The van der Waals surface area contributed by atoms with E-state index < -0.39 is 22.9 Å². The van der Waals surface area contributed by atoms with Crippen LogP contribution in [0.25, 0.3) is 0 Å². The van der Waals surface area contributed by atoms with Crippen molar-refractivity contribution < 1.29 is 20.4 Å². The predicted molar refractivity (Wildman–Crippen MR) is 97.6 cm³/mol. The fourth-order valence-electron chi connectivity index (χ4n) is 3.05. The van der Waals surface area contributed by atoms with Crippen molar-refractivity contribution >= 4 is 0 Å². The van der Waals surface area contributed by atoms with Crippen LogP contribution in [0.1, 0.15) is 66.7 Å². The topological polar surface area (TPSA) is 80.9 Å². The van der Waals surface area contributed by atoms with Crippen LogP contribution in [-0.2, 0) is 0 Å². The van der Waals surface area contributed by atoms with Crippen LogP contribution >= 0.6 is 0 Å². The molecule has 0 aromatic rings. The van der Waals surface area contributed by atoms with Crippen molar-refractivity contribution in [3.8, 4) is 0 Å². The van der Waals surface area contributed by atoms with Crippen molar-refractivity contribution in [3.05, 3.63) is 24.3 Å². The van der Waals surface area contributed by atoms with Gasteiger partial charge < -0.3 is 20.4 Å². The Bertz CT molecular complexity index is 447. The number of aliphatic hydroxyl groups is 4. The molecular formula is C20H36O4. The minimum Gasteiger partial charge on any atom is -0.390 e. The molecule has 4 heteroatoms. The van der Waals surface area contributed by atoms with Gasteiger partial charge in [-0.15, -0.1) is 0 Å². The quantitative estimate of drug-likeness (QED) is 0.553. The Morgan fingerprint density at radius 2 is 1.54 bits per heavy atom. The lowest BCUT2D eigenvalue weighted by Crippen LogP contribution is -2.41. The summed E-state index contributed by atoms with van der Waals surface area (Å²) in [7, 11) is 0. The number of hydrogen-bond donors (Lipinski definition) is 4. The van der Waals surface area contributed by atoms with Crippen molar-refractivity contribution in [2.45, 2.75) is 89.6 Å². The van der Waals surface area contributed by atoms with Crippen LogP contribution < -0.4 is 0 Å². The standard InChI is InChI=1S/C20H36O4/c1-15(2)16-7-12-18(3,22)10-6-11-19(4,23)13-9-17(21)20(5,24)14-8-16/h6-7,11-12,15-17,21-24H,8-10,13-14H2,1-5H3/b11-6+,12-7+/t16-,17-,18+,19+,20-/m1/s1. The van der Waals surface area contributed by atoms with Gasteiger partial charge >= 0.3 is 0 Å². The second kappa shape index (κ2) is 8.13. The fraction of sp³-hybridized carbons (Fsp3) is 0.800. The van der Waals surface area contributed by atoms with E-state index in [1.165, 1.54) is 0 Å². The molecule has 0 heterocycles. The molecule has 4 N–H and O–H groups in total. The van der Waals surface area contributed by atoms with Gasteiger partial charge in [0, 0.05) is 0 Å². The van der Waals surface area contributed by atoms with E-state index in [-0.39, 0.29) is 5.92 Å². The van der Waals surface area contributed by atoms with Gasteiger partial charge in [-0.1, -0.05) is 38.2 Å². The third-order valence-corrected chi connectivity index (χ3v) is 5.19. The van der Waals surface area contributed by atoms with Gasteiger partial charge in [-0.2, -0.15) is 0 Å². The summed E-state index contributed by atoms with van der Waals surface area (Å²) < 4.78 is 0. The number of hydrogen-bond acceptors (Lipinski definition) is 4. The largest absolute Gasteiger partial charge is 0.390 e. The molecule has 0 aliphatic heterocycles. The van der Waals surface area contributed by atoms with Gasteiger partial charge in [0.25, 0.3) is 0 Å². The van der Waals surface area contributed by atoms with Crippen LogP contribution in [0, 0.1) is 11.8 Å². The molecule has 4 nitrogen and oxygen atoms in total. The highest BCUT2D eigenvalue weighted by atomic mass is 16.3. The van der Waals surface area contributed by atoms with Gasteiger partial charge in [0.2, 0.25) is 0 Å². The molecule has 0 fully saturated rings. The molecule has 0 saturated heterocycles. The minimum atomic E-state index is -1.19. The average molecular weight is 341 g/mol. The molecule has 0 saturated carbocycles. The molecule has 24 heavy (non-hydrogen) atoms. The maximum Gasteiger partial charge on any atom is 0.0877 e. The maximum atomic E-state index is 10.6. The SMILES string of the molecule is CC(C)[C@@H]1/C=C/[C@@](C)(O)C/C=C/[C@](C)(O)CC[C@@H](O)[C@](C)(O)CC1. The van der Waals surface area contributed by atoms with Crippen molar-refractivity contribution in [1.29, 1.82) is 0 Å². The van der Waals surface area contributed by atoms with Crippen molar-refractivity contribution in [3.63, 3.8) is 0 Å². The number of rotatable bonds is 1. The van der Waals surface area contributed by atoms with E-state index in [2.05, 4.69) is 13.8 Å². The van der Waals surface area contributed by atoms with Gasteiger partial charge in [0.15, 0.2) is 0 Å². The summed E-state index contributed by atoms with van der Waals surface area (Å²) in [6.45, 7) is 9.33. The van der Waals surface area contributed by atoms with Crippen LogP contribution in [-0.4, -0.2) is 43.3 Å². The van der Waals surface area contributed by atoms with Crippen molar-refractivity contribution in [2.24, 2.45) is 11.8 Å². The molecule has 0 aromatic heterocycles. The Labute approximate surface area is 146 Å². The molecule has 0 radical (unpaired) electrons. The van der Waals surface area contributed by atoms with E-state index >= 15 is 0 Å². The lowest BCUT2D eigenvalue weighted by Gasteiger charge is -2.33. The number of aliphatic hydroxyl groups excluding tert-OH is 1. The maximum absolute atomic E-state index is 10.6. The Balaban J connectivity index is 3.06. The van der Waals surface area contributed by atoms with Crippen LogP contribution in [0.5, 0.6) is 0 Å². The summed E-state index contributed by atoms with van der Waals surface area (Å²) in [5.74, 6) is 0.611. The van der Waals surface area contributed by atoms with E-state index in [1.54, 1.807) is 32.9 Å². The van der Waals surface area contributed by atoms with Crippen molar-refractivity contribution in [2.75, 3.05) is 0 Å². The van der Waals surface area contributed by atoms with Crippen LogP contribution in [0.15, 0.2) is 24.3 Å². The summed E-state index contributed by atoms with van der Waals surface area (Å²) in [5, 5.41) is 41.8. The molecule has 0 aromatic carbocycles. The summed E-state index contributed by atoms with van der Waals surface area (Å²) >= 11 is 0. The zero-order valence-electron chi connectivity index (χ0n) is 15.9. The van der Waals surface area contributed by atoms with E-state index in [4.69, 9.17) is 0 Å². The molecular weight excluding hydrogens is 304 g/mol. The van der Waals surface area contributed by atoms with Crippen LogP contribution in [0.3, 0.4) is 0 Å². The Morgan fingerprint density at radius 1 is 0.917 bits per heavy atom. The summed E-state index contributed by atoms with van der Waals surface area (Å²) in [5.41, 5.74) is -3.22. The zero-order chi connectivity index (χ0) is 18.6. The van der Waals surface area contributed by atoms with Crippen LogP contribution in [0.4, 0.5) is 0 Å². The molecule has 0 unspecified atom stereocenters. The molecule has 0 spiro atoms. The van der Waals surface area contributed by atoms with Gasteiger partial charge in [0.05, 0.1) is 22.9 Å². The smallest absolute Gasteiger partial charge is 0.0877 e. The summed E-state index contributed by atoms with van der Waals surface area (Å²) in [4.78, 5) is 0. The highest BCUT2D eigenvalue weighted by Gasteiger charge is 2.33. The van der Waals surface area contributed by atoms with Gasteiger partial charge in [-0.3, -0.25) is 0 Å². The Hall–Kier alpha value is -0.680. The van der Waals surface area contributed by atoms with Crippen molar-refractivity contribution in [1.82, 2.24) is 0 Å².